The highest BCUT2D eigenvalue weighted by Crippen LogP contribution is 2.29. The van der Waals surface area contributed by atoms with Crippen LogP contribution < -0.4 is 10.1 Å². The van der Waals surface area contributed by atoms with Gasteiger partial charge in [0, 0.05) is 18.5 Å². The van der Waals surface area contributed by atoms with Gasteiger partial charge in [-0.1, -0.05) is 0 Å². The first kappa shape index (κ1) is 13.3. The molecule has 18 heavy (non-hydrogen) atoms. The summed E-state index contributed by atoms with van der Waals surface area (Å²) >= 11 is 0. The standard InChI is InChI=1S/C14H21FN2O/c1-16-6-3-7-17(2)10-13-9-11-8-12(15)4-5-14(11)18-13/h4-5,8,13,16H,3,6-7,9-10H2,1-2H3. The van der Waals surface area contributed by atoms with Crippen LogP contribution in [0.3, 0.4) is 0 Å². The number of nitrogens with one attached hydrogen (secondary N) is 1. The van der Waals surface area contributed by atoms with Crippen LogP contribution in [0, 0.1) is 5.82 Å². The molecule has 3 nitrogen and oxygen atoms in total. The Morgan fingerprint density at radius 2 is 2.33 bits per heavy atom. The molecule has 0 amide bonds. The van der Waals surface area contributed by atoms with E-state index in [0.717, 1.165) is 43.8 Å². The van der Waals surface area contributed by atoms with Crippen LogP contribution >= 0.6 is 0 Å². The summed E-state index contributed by atoms with van der Waals surface area (Å²) in [6.07, 6.45) is 2.09. The van der Waals surface area contributed by atoms with E-state index in [4.69, 9.17) is 4.74 Å². The van der Waals surface area contributed by atoms with Gasteiger partial charge in [0.05, 0.1) is 0 Å². The maximum absolute atomic E-state index is 13.1. The fraction of sp³-hybridized carbons (Fsp3) is 0.571. The minimum Gasteiger partial charge on any atom is -0.488 e. The Hall–Kier alpha value is -1.13. The van der Waals surface area contributed by atoms with Crippen LogP contribution in [0.1, 0.15) is 12.0 Å². The summed E-state index contributed by atoms with van der Waals surface area (Å²) in [5.74, 6) is 0.658. The van der Waals surface area contributed by atoms with Gasteiger partial charge in [0.1, 0.15) is 17.7 Å². The molecule has 1 aromatic carbocycles. The van der Waals surface area contributed by atoms with Crippen molar-refractivity contribution in [3.63, 3.8) is 0 Å². The Kier molecular flexibility index (Phi) is 4.55. The van der Waals surface area contributed by atoms with Crippen LogP contribution in [0.25, 0.3) is 0 Å². The van der Waals surface area contributed by atoms with Crippen molar-refractivity contribution >= 4 is 0 Å². The minimum atomic E-state index is -0.180. The number of hydrogen-bond acceptors (Lipinski definition) is 3. The van der Waals surface area contributed by atoms with E-state index in [1.807, 2.05) is 7.05 Å². The lowest BCUT2D eigenvalue weighted by atomic mass is 10.1. The van der Waals surface area contributed by atoms with Crippen molar-refractivity contribution in [2.75, 3.05) is 33.7 Å². The van der Waals surface area contributed by atoms with E-state index in [-0.39, 0.29) is 11.9 Å². The maximum atomic E-state index is 13.1. The quantitative estimate of drug-likeness (QED) is 0.779. The zero-order valence-electron chi connectivity index (χ0n) is 11.1. The SMILES string of the molecule is CNCCCN(C)CC1Cc2cc(F)ccc2O1. The topological polar surface area (TPSA) is 24.5 Å². The fourth-order valence-corrected chi connectivity index (χ4v) is 2.36. The molecule has 0 radical (unpaired) electrons. The van der Waals surface area contributed by atoms with Gasteiger partial charge >= 0.3 is 0 Å². The Balaban J connectivity index is 1.80. The smallest absolute Gasteiger partial charge is 0.123 e. The maximum Gasteiger partial charge on any atom is 0.123 e. The van der Waals surface area contributed by atoms with E-state index in [1.54, 1.807) is 12.1 Å². The van der Waals surface area contributed by atoms with Crippen molar-refractivity contribution in [2.45, 2.75) is 18.9 Å². The number of rotatable bonds is 6. The molecule has 2 rings (SSSR count). The average molecular weight is 252 g/mol. The largest absolute Gasteiger partial charge is 0.488 e. The Bertz CT molecular complexity index is 397. The van der Waals surface area contributed by atoms with Gasteiger partial charge in [0.15, 0.2) is 0 Å². The number of hydrogen-bond donors (Lipinski definition) is 1. The van der Waals surface area contributed by atoms with Crippen LogP contribution in [0.4, 0.5) is 4.39 Å². The monoisotopic (exact) mass is 252 g/mol. The average Bonchev–Trinajstić information content (AvgIpc) is 2.70. The fourth-order valence-electron chi connectivity index (χ4n) is 2.36. The number of ether oxygens (including phenoxy) is 1. The molecular formula is C14H21FN2O. The van der Waals surface area contributed by atoms with Crippen molar-refractivity contribution in [3.05, 3.63) is 29.6 Å². The molecule has 0 saturated heterocycles. The lowest BCUT2D eigenvalue weighted by molar-refractivity contribution is 0.168. The zero-order chi connectivity index (χ0) is 13.0. The third kappa shape index (κ3) is 3.43. The molecule has 1 aliphatic heterocycles. The van der Waals surface area contributed by atoms with Gasteiger partial charge in [0.2, 0.25) is 0 Å². The van der Waals surface area contributed by atoms with Crippen LogP contribution in [-0.4, -0.2) is 44.7 Å². The molecule has 1 aromatic rings. The van der Waals surface area contributed by atoms with E-state index in [2.05, 4.69) is 17.3 Å². The van der Waals surface area contributed by atoms with Crippen LogP contribution in [-0.2, 0) is 6.42 Å². The molecule has 4 heteroatoms. The van der Waals surface area contributed by atoms with E-state index in [0.29, 0.717) is 0 Å². The molecule has 1 atom stereocenters. The molecule has 1 unspecified atom stereocenters. The van der Waals surface area contributed by atoms with Crippen molar-refractivity contribution in [1.29, 1.82) is 0 Å². The van der Waals surface area contributed by atoms with E-state index in [9.17, 15) is 4.39 Å². The molecular weight excluding hydrogens is 231 g/mol. The van der Waals surface area contributed by atoms with Gasteiger partial charge in [-0.05, 0) is 51.8 Å². The van der Waals surface area contributed by atoms with E-state index >= 15 is 0 Å². The van der Waals surface area contributed by atoms with E-state index in [1.165, 1.54) is 6.07 Å². The molecule has 0 saturated carbocycles. The van der Waals surface area contributed by atoms with Gasteiger partial charge in [0.25, 0.3) is 0 Å². The second-order valence-corrected chi connectivity index (χ2v) is 4.92. The molecule has 0 spiro atoms. The second kappa shape index (κ2) is 6.16. The predicted octanol–water partition coefficient (Wildman–Crippen LogP) is 1.67. The summed E-state index contributed by atoms with van der Waals surface area (Å²) < 4.78 is 18.9. The first-order valence-electron chi connectivity index (χ1n) is 6.47. The number of fused-ring (bicyclic) bond motifs is 1. The molecule has 1 aliphatic rings. The summed E-state index contributed by atoms with van der Waals surface area (Å²) in [7, 11) is 4.06. The molecule has 1 heterocycles. The lowest BCUT2D eigenvalue weighted by Crippen LogP contribution is -2.33. The molecule has 1 N–H and O–H groups in total. The highest BCUT2D eigenvalue weighted by Gasteiger charge is 2.24. The Labute approximate surface area is 108 Å². The number of halogens is 1. The minimum absolute atomic E-state index is 0.154. The summed E-state index contributed by atoms with van der Waals surface area (Å²) in [5, 5.41) is 3.14. The third-order valence-corrected chi connectivity index (χ3v) is 3.25. The molecule has 0 fully saturated rings. The summed E-state index contributed by atoms with van der Waals surface area (Å²) in [6.45, 7) is 2.97. The molecule has 0 bridgehead atoms. The zero-order valence-corrected chi connectivity index (χ0v) is 11.1. The predicted molar refractivity (Wildman–Crippen MR) is 70.6 cm³/mol. The Morgan fingerprint density at radius 1 is 1.50 bits per heavy atom. The summed E-state index contributed by atoms with van der Waals surface area (Å²) in [5.41, 5.74) is 0.989. The number of benzene rings is 1. The third-order valence-electron chi connectivity index (χ3n) is 3.25. The lowest BCUT2D eigenvalue weighted by Gasteiger charge is -2.20. The normalized spacial score (nSPS) is 17.9. The second-order valence-electron chi connectivity index (χ2n) is 4.92. The summed E-state index contributed by atoms with van der Waals surface area (Å²) in [6, 6.07) is 4.76. The van der Waals surface area contributed by atoms with Crippen molar-refractivity contribution in [2.24, 2.45) is 0 Å². The molecule has 0 aromatic heterocycles. The van der Waals surface area contributed by atoms with Crippen molar-refractivity contribution < 1.29 is 9.13 Å². The van der Waals surface area contributed by atoms with Gasteiger partial charge in [-0.3, -0.25) is 0 Å². The van der Waals surface area contributed by atoms with Crippen LogP contribution in [0.2, 0.25) is 0 Å². The number of likely N-dealkylation sites (N-methyl/N-ethyl adjacent to an activating group) is 1. The first-order chi connectivity index (χ1) is 8.69. The number of nitrogens with zero attached hydrogens (tertiary/aromatic N) is 1. The van der Waals surface area contributed by atoms with Gasteiger partial charge in [-0.25, -0.2) is 4.39 Å². The highest BCUT2D eigenvalue weighted by atomic mass is 19.1. The van der Waals surface area contributed by atoms with Gasteiger partial charge < -0.3 is 15.0 Å². The van der Waals surface area contributed by atoms with Crippen molar-refractivity contribution in [1.82, 2.24) is 10.2 Å². The highest BCUT2D eigenvalue weighted by molar-refractivity contribution is 5.37. The Morgan fingerprint density at radius 3 is 3.11 bits per heavy atom. The van der Waals surface area contributed by atoms with Crippen LogP contribution in [0.15, 0.2) is 18.2 Å². The van der Waals surface area contributed by atoms with Gasteiger partial charge in [-0.15, -0.1) is 0 Å². The van der Waals surface area contributed by atoms with Crippen LogP contribution in [0.5, 0.6) is 5.75 Å². The van der Waals surface area contributed by atoms with E-state index < -0.39 is 0 Å². The molecule has 100 valence electrons. The van der Waals surface area contributed by atoms with Gasteiger partial charge in [-0.2, -0.15) is 0 Å². The summed E-state index contributed by atoms with van der Waals surface area (Å²) in [4.78, 5) is 2.27. The first-order valence-corrected chi connectivity index (χ1v) is 6.47. The van der Waals surface area contributed by atoms with Crippen molar-refractivity contribution in [3.8, 4) is 5.75 Å². The molecule has 0 aliphatic carbocycles.